The van der Waals surface area contributed by atoms with Gasteiger partial charge in [-0.05, 0) is 51.7 Å². The number of aryl methyl sites for hydroxylation is 3. The fraction of sp³-hybridized carbons (Fsp3) is 0.524. The van der Waals surface area contributed by atoms with E-state index in [-0.39, 0.29) is 12.1 Å². The van der Waals surface area contributed by atoms with Crippen LogP contribution in [0.4, 0.5) is 10.5 Å². The number of rotatable bonds is 6. The Morgan fingerprint density at radius 3 is 2.89 bits per heavy atom. The Hall–Kier alpha value is -2.08. The Morgan fingerprint density at radius 1 is 1.37 bits per heavy atom. The maximum atomic E-state index is 12.5. The highest BCUT2D eigenvalue weighted by atomic mass is 32.1. The molecule has 146 valence electrons. The molecule has 0 fully saturated rings. The quantitative estimate of drug-likeness (QED) is 0.753. The number of fused-ring (bicyclic) bond motifs is 1. The van der Waals surface area contributed by atoms with Crippen LogP contribution >= 0.6 is 11.3 Å². The van der Waals surface area contributed by atoms with Crippen LogP contribution in [0.1, 0.15) is 46.9 Å². The average Bonchev–Trinajstić information content (AvgIpc) is 3.02. The first kappa shape index (κ1) is 19.7. The standard InChI is InChI=1S/C21H30N4OS/c1-15(20-16(2)27-17(3)23-20)24(4)21(26)22-12-8-14-25-13-7-10-18-9-5-6-11-19(18)25/h5-6,9,11,15H,7-8,10,12-14H2,1-4H3,(H,22,26)/t15-/m1/s1. The summed E-state index contributed by atoms with van der Waals surface area (Å²) < 4.78 is 0. The third kappa shape index (κ3) is 4.61. The SMILES string of the molecule is Cc1nc([C@@H](C)N(C)C(=O)NCCCN2CCCc3ccccc32)c(C)s1. The van der Waals surface area contributed by atoms with E-state index in [9.17, 15) is 4.79 Å². The number of nitrogens with one attached hydrogen (secondary N) is 1. The van der Waals surface area contributed by atoms with Crippen molar-refractivity contribution in [3.05, 3.63) is 45.4 Å². The van der Waals surface area contributed by atoms with Crippen molar-refractivity contribution in [3.63, 3.8) is 0 Å². The third-order valence-corrected chi connectivity index (χ3v) is 6.23. The van der Waals surface area contributed by atoms with Crippen molar-refractivity contribution in [2.24, 2.45) is 0 Å². The van der Waals surface area contributed by atoms with E-state index in [1.165, 1.54) is 29.0 Å². The number of nitrogens with zero attached hydrogens (tertiary/aromatic N) is 3. The average molecular weight is 387 g/mol. The van der Waals surface area contributed by atoms with Gasteiger partial charge in [-0.1, -0.05) is 18.2 Å². The summed E-state index contributed by atoms with van der Waals surface area (Å²) in [6, 6.07) is 8.60. The van der Waals surface area contributed by atoms with Crippen molar-refractivity contribution in [2.75, 3.05) is 31.6 Å². The zero-order valence-electron chi connectivity index (χ0n) is 16.8. The van der Waals surface area contributed by atoms with Crippen LogP contribution in [0.5, 0.6) is 0 Å². The lowest BCUT2D eigenvalue weighted by molar-refractivity contribution is 0.193. The molecule has 0 spiro atoms. The smallest absolute Gasteiger partial charge is 0.317 e. The Balaban J connectivity index is 1.47. The molecule has 1 aromatic carbocycles. The molecule has 0 aliphatic carbocycles. The summed E-state index contributed by atoms with van der Waals surface area (Å²) in [6.07, 6.45) is 3.31. The van der Waals surface area contributed by atoms with Crippen LogP contribution in [0.3, 0.4) is 0 Å². The molecular weight excluding hydrogens is 356 g/mol. The van der Waals surface area contributed by atoms with Gasteiger partial charge in [-0.3, -0.25) is 0 Å². The predicted octanol–water partition coefficient (Wildman–Crippen LogP) is 4.31. The van der Waals surface area contributed by atoms with Gasteiger partial charge in [0.25, 0.3) is 0 Å². The highest BCUT2D eigenvalue weighted by Gasteiger charge is 2.21. The summed E-state index contributed by atoms with van der Waals surface area (Å²) in [5, 5.41) is 4.11. The van der Waals surface area contributed by atoms with E-state index in [0.29, 0.717) is 6.54 Å². The largest absolute Gasteiger partial charge is 0.371 e. The molecule has 6 heteroatoms. The zero-order valence-corrected chi connectivity index (χ0v) is 17.6. The minimum atomic E-state index is -0.0356. The lowest BCUT2D eigenvalue weighted by Gasteiger charge is -2.31. The number of benzene rings is 1. The Labute approximate surface area is 166 Å². The molecule has 0 unspecified atom stereocenters. The zero-order chi connectivity index (χ0) is 19.4. The van der Waals surface area contributed by atoms with E-state index in [1.807, 2.05) is 20.9 Å². The molecule has 2 heterocycles. The van der Waals surface area contributed by atoms with E-state index in [2.05, 4.69) is 46.4 Å². The second-order valence-corrected chi connectivity index (χ2v) is 8.67. The summed E-state index contributed by atoms with van der Waals surface area (Å²) in [4.78, 5) is 22.5. The minimum Gasteiger partial charge on any atom is -0.371 e. The molecule has 1 atom stereocenters. The van der Waals surface area contributed by atoms with Gasteiger partial charge < -0.3 is 15.1 Å². The maximum absolute atomic E-state index is 12.5. The number of thiazole rings is 1. The highest BCUT2D eigenvalue weighted by Crippen LogP contribution is 2.27. The number of hydrogen-bond donors (Lipinski definition) is 1. The van der Waals surface area contributed by atoms with Crippen molar-refractivity contribution >= 4 is 23.1 Å². The first-order valence-corrected chi connectivity index (χ1v) is 10.6. The number of carbonyl (C=O) groups is 1. The molecule has 1 aromatic heterocycles. The Bertz CT molecular complexity index is 788. The van der Waals surface area contributed by atoms with Crippen LogP contribution in [0.25, 0.3) is 0 Å². The lowest BCUT2D eigenvalue weighted by atomic mass is 10.0. The van der Waals surface area contributed by atoms with Crippen molar-refractivity contribution in [3.8, 4) is 0 Å². The van der Waals surface area contributed by atoms with Crippen LogP contribution in [0.15, 0.2) is 24.3 Å². The molecule has 27 heavy (non-hydrogen) atoms. The molecule has 1 N–H and O–H groups in total. The van der Waals surface area contributed by atoms with Gasteiger partial charge in [0.05, 0.1) is 16.7 Å². The number of anilines is 1. The number of carbonyl (C=O) groups excluding carboxylic acids is 1. The molecule has 5 nitrogen and oxygen atoms in total. The van der Waals surface area contributed by atoms with E-state index in [0.717, 1.165) is 30.2 Å². The van der Waals surface area contributed by atoms with E-state index in [4.69, 9.17) is 0 Å². The van der Waals surface area contributed by atoms with Gasteiger partial charge in [-0.25, -0.2) is 9.78 Å². The van der Waals surface area contributed by atoms with Gasteiger partial charge in [0.2, 0.25) is 0 Å². The molecule has 2 amide bonds. The van der Waals surface area contributed by atoms with Crippen LogP contribution in [-0.2, 0) is 6.42 Å². The summed E-state index contributed by atoms with van der Waals surface area (Å²) in [5.74, 6) is 0. The molecule has 0 saturated heterocycles. The monoisotopic (exact) mass is 386 g/mol. The van der Waals surface area contributed by atoms with E-state index < -0.39 is 0 Å². The third-order valence-electron chi connectivity index (χ3n) is 5.32. The van der Waals surface area contributed by atoms with E-state index in [1.54, 1.807) is 16.2 Å². The Kier molecular flexibility index (Phi) is 6.37. The van der Waals surface area contributed by atoms with Crippen molar-refractivity contribution < 1.29 is 4.79 Å². The number of para-hydroxylation sites is 1. The molecule has 0 bridgehead atoms. The van der Waals surface area contributed by atoms with Crippen molar-refractivity contribution in [1.29, 1.82) is 0 Å². The number of aromatic nitrogens is 1. The van der Waals surface area contributed by atoms with Gasteiger partial charge >= 0.3 is 6.03 Å². The molecule has 0 saturated carbocycles. The van der Waals surface area contributed by atoms with Gasteiger partial charge in [0.15, 0.2) is 0 Å². The van der Waals surface area contributed by atoms with Gasteiger partial charge in [0.1, 0.15) is 0 Å². The summed E-state index contributed by atoms with van der Waals surface area (Å²) in [7, 11) is 1.84. The molecule has 1 aliphatic heterocycles. The first-order chi connectivity index (χ1) is 13.0. The second kappa shape index (κ2) is 8.74. The topological polar surface area (TPSA) is 48.5 Å². The number of hydrogen-bond acceptors (Lipinski definition) is 4. The molecule has 1 aliphatic rings. The lowest BCUT2D eigenvalue weighted by Crippen LogP contribution is -2.40. The molecule has 2 aromatic rings. The van der Waals surface area contributed by atoms with Gasteiger partial charge in [0, 0.05) is 37.2 Å². The summed E-state index contributed by atoms with van der Waals surface area (Å²) in [5.41, 5.74) is 3.80. The van der Waals surface area contributed by atoms with Crippen molar-refractivity contribution in [2.45, 2.75) is 46.1 Å². The second-order valence-electron chi connectivity index (χ2n) is 7.27. The summed E-state index contributed by atoms with van der Waals surface area (Å²) in [6.45, 7) is 8.87. The molecular formula is C21H30N4OS. The Morgan fingerprint density at radius 2 is 2.15 bits per heavy atom. The maximum Gasteiger partial charge on any atom is 0.317 e. The number of amides is 2. The van der Waals surface area contributed by atoms with Crippen molar-refractivity contribution in [1.82, 2.24) is 15.2 Å². The summed E-state index contributed by atoms with van der Waals surface area (Å²) >= 11 is 1.68. The van der Waals surface area contributed by atoms with E-state index >= 15 is 0 Å². The fourth-order valence-electron chi connectivity index (χ4n) is 3.73. The highest BCUT2D eigenvalue weighted by molar-refractivity contribution is 7.11. The van der Waals surface area contributed by atoms with Crippen LogP contribution in [0, 0.1) is 13.8 Å². The molecule has 3 rings (SSSR count). The van der Waals surface area contributed by atoms with Gasteiger partial charge in [-0.15, -0.1) is 11.3 Å². The van der Waals surface area contributed by atoms with Crippen LogP contribution in [-0.4, -0.2) is 42.6 Å². The number of urea groups is 1. The normalized spacial score (nSPS) is 14.6. The fourth-order valence-corrected chi connectivity index (χ4v) is 4.63. The minimum absolute atomic E-state index is 0.0241. The predicted molar refractivity (Wildman–Crippen MR) is 113 cm³/mol. The van der Waals surface area contributed by atoms with Crippen LogP contribution < -0.4 is 10.2 Å². The first-order valence-electron chi connectivity index (χ1n) is 9.75. The van der Waals surface area contributed by atoms with Crippen LogP contribution in [0.2, 0.25) is 0 Å². The van der Waals surface area contributed by atoms with Gasteiger partial charge in [-0.2, -0.15) is 0 Å². The molecule has 0 radical (unpaired) electrons.